The van der Waals surface area contributed by atoms with Crippen molar-refractivity contribution < 1.29 is 19.2 Å². The van der Waals surface area contributed by atoms with E-state index in [0.717, 1.165) is 24.1 Å². The van der Waals surface area contributed by atoms with Gasteiger partial charge >= 0.3 is 0 Å². The molecule has 0 unspecified atom stereocenters. The highest BCUT2D eigenvalue weighted by molar-refractivity contribution is 7.16. The van der Waals surface area contributed by atoms with E-state index in [1.54, 1.807) is 23.5 Å². The molecule has 0 aromatic carbocycles. The van der Waals surface area contributed by atoms with Crippen LogP contribution in [0.15, 0.2) is 29.6 Å². The Kier molecular flexibility index (Phi) is 6.99. The van der Waals surface area contributed by atoms with Crippen LogP contribution in [0.3, 0.4) is 0 Å². The number of hydrogen-bond donors (Lipinski definition) is 1. The summed E-state index contributed by atoms with van der Waals surface area (Å²) in [4.78, 5) is 55.4. The smallest absolute Gasteiger partial charge is 0.263 e. The zero-order valence-corrected chi connectivity index (χ0v) is 20.6. The lowest BCUT2D eigenvalue weighted by Crippen LogP contribution is -2.50. The van der Waals surface area contributed by atoms with Gasteiger partial charge in [-0.05, 0) is 55.2 Å². The highest BCUT2D eigenvalue weighted by atomic mass is 32.1. The van der Waals surface area contributed by atoms with Gasteiger partial charge in [0.15, 0.2) is 5.78 Å². The van der Waals surface area contributed by atoms with Crippen LogP contribution < -0.4 is 5.32 Å². The van der Waals surface area contributed by atoms with Gasteiger partial charge in [0.05, 0.1) is 9.75 Å². The fourth-order valence-electron chi connectivity index (χ4n) is 4.81. The largest absolute Gasteiger partial charge is 0.344 e. The second-order valence-electron chi connectivity index (χ2n) is 9.06. The molecule has 7 nitrogen and oxygen atoms in total. The summed E-state index contributed by atoms with van der Waals surface area (Å²) >= 11 is 2.84. The third-order valence-corrected chi connectivity index (χ3v) is 8.76. The first kappa shape index (κ1) is 23.6. The number of carbonyl (C=O) groups is 4. The molecule has 2 aromatic heterocycles. The Hall–Kier alpha value is -2.52. The van der Waals surface area contributed by atoms with Gasteiger partial charge in [0.1, 0.15) is 6.04 Å². The molecule has 2 aromatic rings. The molecule has 0 bridgehead atoms. The Balaban J connectivity index is 1.35. The van der Waals surface area contributed by atoms with E-state index >= 15 is 0 Å². The van der Waals surface area contributed by atoms with Gasteiger partial charge in [-0.25, -0.2) is 0 Å². The molecule has 0 saturated carbocycles. The molecule has 3 amide bonds. The minimum Gasteiger partial charge on any atom is -0.344 e. The normalized spacial score (nSPS) is 18.4. The molecule has 0 aliphatic carbocycles. The van der Waals surface area contributed by atoms with Crippen LogP contribution in [0.1, 0.15) is 57.3 Å². The molecule has 4 rings (SSSR count). The summed E-state index contributed by atoms with van der Waals surface area (Å²) < 4.78 is 0. The highest BCUT2D eigenvalue weighted by Gasteiger charge is 2.44. The van der Waals surface area contributed by atoms with Crippen molar-refractivity contribution in [3.05, 3.63) is 44.3 Å². The molecule has 2 saturated heterocycles. The number of amides is 3. The van der Waals surface area contributed by atoms with Crippen molar-refractivity contribution in [2.24, 2.45) is 5.41 Å². The van der Waals surface area contributed by atoms with Gasteiger partial charge in [-0.2, -0.15) is 0 Å². The molecular weight excluding hydrogens is 458 g/mol. The molecule has 2 fully saturated rings. The molecule has 33 heavy (non-hydrogen) atoms. The number of thiophene rings is 2. The number of likely N-dealkylation sites (tertiary alicyclic amines) is 2. The number of piperidine rings is 1. The van der Waals surface area contributed by atoms with E-state index in [1.165, 1.54) is 25.2 Å². The minimum atomic E-state index is -0.549. The predicted molar refractivity (Wildman–Crippen MR) is 129 cm³/mol. The van der Waals surface area contributed by atoms with Crippen LogP contribution in [0.2, 0.25) is 0 Å². The fourth-order valence-corrected chi connectivity index (χ4v) is 6.43. The first-order valence-corrected chi connectivity index (χ1v) is 12.9. The summed E-state index contributed by atoms with van der Waals surface area (Å²) in [5.41, 5.74) is 0.0239. The van der Waals surface area contributed by atoms with Crippen LogP contribution in [-0.2, 0) is 16.0 Å². The van der Waals surface area contributed by atoms with E-state index in [0.29, 0.717) is 42.4 Å². The lowest BCUT2D eigenvalue weighted by Gasteiger charge is -2.39. The van der Waals surface area contributed by atoms with E-state index in [9.17, 15) is 19.2 Å². The fraction of sp³-hybridized carbons (Fsp3) is 0.500. The van der Waals surface area contributed by atoms with Gasteiger partial charge in [-0.3, -0.25) is 19.2 Å². The molecule has 1 spiro atoms. The average Bonchev–Trinajstić information content (AvgIpc) is 3.54. The van der Waals surface area contributed by atoms with E-state index in [2.05, 4.69) is 5.32 Å². The van der Waals surface area contributed by atoms with Crippen molar-refractivity contribution in [2.45, 2.75) is 45.6 Å². The first-order valence-electron chi connectivity index (χ1n) is 11.2. The maximum Gasteiger partial charge on any atom is 0.263 e. The minimum absolute atomic E-state index is 0.0186. The standard InChI is InChI=1S/C24H29N3O4S2/c1-16(28)20-5-6-21(33-20)23(31)26-10-7-24(8-11-26)9-12-27(15-24)22(30)19(25-17(2)29)14-18-4-3-13-32-18/h3-6,13,19H,7-12,14-15H2,1-2H3,(H,25,29)/t19-/m0/s1. The van der Waals surface area contributed by atoms with E-state index in [1.807, 2.05) is 27.3 Å². The Morgan fingerprint density at radius 3 is 2.24 bits per heavy atom. The van der Waals surface area contributed by atoms with Gasteiger partial charge < -0.3 is 15.1 Å². The molecular formula is C24H29N3O4S2. The summed E-state index contributed by atoms with van der Waals surface area (Å²) in [6.45, 7) is 5.60. The number of nitrogens with one attached hydrogen (secondary N) is 1. The zero-order chi connectivity index (χ0) is 23.6. The highest BCUT2D eigenvalue weighted by Crippen LogP contribution is 2.41. The van der Waals surface area contributed by atoms with Gasteiger partial charge in [0, 0.05) is 44.4 Å². The number of rotatable bonds is 6. The van der Waals surface area contributed by atoms with Crippen molar-refractivity contribution in [3.8, 4) is 0 Å². The maximum atomic E-state index is 13.3. The van der Waals surface area contributed by atoms with E-state index in [-0.39, 0.29) is 28.9 Å². The first-order chi connectivity index (χ1) is 15.8. The lowest BCUT2D eigenvalue weighted by molar-refractivity contribution is -0.135. The quantitative estimate of drug-likeness (QED) is 0.634. The van der Waals surface area contributed by atoms with Crippen molar-refractivity contribution in [1.29, 1.82) is 0 Å². The molecule has 2 aliphatic heterocycles. The second-order valence-corrected chi connectivity index (χ2v) is 11.2. The molecule has 0 radical (unpaired) electrons. The monoisotopic (exact) mass is 487 g/mol. The van der Waals surface area contributed by atoms with Crippen LogP contribution in [0, 0.1) is 5.41 Å². The lowest BCUT2D eigenvalue weighted by atomic mass is 9.77. The topological polar surface area (TPSA) is 86.8 Å². The van der Waals surface area contributed by atoms with Crippen LogP contribution in [-0.4, -0.2) is 65.5 Å². The summed E-state index contributed by atoms with van der Waals surface area (Å²) in [6.07, 6.45) is 3.12. The molecule has 1 N–H and O–H groups in total. The van der Waals surface area contributed by atoms with Gasteiger partial charge in [0.2, 0.25) is 11.8 Å². The average molecular weight is 488 g/mol. The number of ketones is 1. The Bertz CT molecular complexity index is 1040. The summed E-state index contributed by atoms with van der Waals surface area (Å²) in [6, 6.07) is 6.84. The van der Waals surface area contributed by atoms with Crippen molar-refractivity contribution in [3.63, 3.8) is 0 Å². The Labute approximate surface area is 201 Å². The molecule has 2 aliphatic rings. The Morgan fingerprint density at radius 2 is 1.67 bits per heavy atom. The van der Waals surface area contributed by atoms with Crippen LogP contribution in [0.4, 0.5) is 0 Å². The molecule has 1 atom stereocenters. The van der Waals surface area contributed by atoms with Crippen LogP contribution in [0.25, 0.3) is 0 Å². The van der Waals surface area contributed by atoms with Gasteiger partial charge in [-0.15, -0.1) is 22.7 Å². The predicted octanol–water partition coefficient (Wildman–Crippen LogP) is 3.21. The van der Waals surface area contributed by atoms with E-state index in [4.69, 9.17) is 0 Å². The summed E-state index contributed by atoms with van der Waals surface area (Å²) in [5.74, 6) is -0.268. The summed E-state index contributed by atoms with van der Waals surface area (Å²) in [5, 5.41) is 4.81. The second kappa shape index (κ2) is 9.77. The number of Topliss-reactive ketones (excluding diaryl/α,β-unsaturated/α-hetero) is 1. The van der Waals surface area contributed by atoms with Gasteiger partial charge in [0.25, 0.3) is 5.91 Å². The number of carbonyl (C=O) groups excluding carboxylic acids is 4. The molecule has 4 heterocycles. The van der Waals surface area contributed by atoms with Gasteiger partial charge in [-0.1, -0.05) is 6.07 Å². The number of nitrogens with zero attached hydrogens (tertiary/aromatic N) is 2. The Morgan fingerprint density at radius 1 is 1.00 bits per heavy atom. The third-order valence-electron chi connectivity index (χ3n) is 6.69. The molecule has 176 valence electrons. The van der Waals surface area contributed by atoms with Crippen LogP contribution in [0.5, 0.6) is 0 Å². The number of hydrogen-bond acceptors (Lipinski definition) is 6. The summed E-state index contributed by atoms with van der Waals surface area (Å²) in [7, 11) is 0. The van der Waals surface area contributed by atoms with Crippen molar-refractivity contribution in [1.82, 2.24) is 15.1 Å². The third kappa shape index (κ3) is 5.35. The zero-order valence-electron chi connectivity index (χ0n) is 19.0. The maximum absolute atomic E-state index is 13.3. The SMILES string of the molecule is CC(=O)N[C@@H](Cc1cccs1)C(=O)N1CCC2(CCN(C(=O)c3ccc(C(C)=O)s3)CC2)C1. The molecule has 9 heteroatoms. The van der Waals surface area contributed by atoms with Crippen molar-refractivity contribution >= 4 is 46.2 Å². The van der Waals surface area contributed by atoms with Crippen molar-refractivity contribution in [2.75, 3.05) is 26.2 Å². The van der Waals surface area contributed by atoms with Crippen LogP contribution >= 0.6 is 22.7 Å². The van der Waals surface area contributed by atoms with E-state index < -0.39 is 6.04 Å².